The molecule has 0 aliphatic carbocycles. The van der Waals surface area contributed by atoms with Gasteiger partial charge in [-0.3, -0.25) is 4.72 Å². The Labute approximate surface area is 230 Å². The molecule has 37 heavy (non-hydrogen) atoms. The zero-order valence-electron chi connectivity index (χ0n) is 18.8. The van der Waals surface area contributed by atoms with Gasteiger partial charge in [-0.05, 0) is 57.9 Å². The third kappa shape index (κ3) is 5.42. The maximum absolute atomic E-state index is 13.4. The first kappa shape index (κ1) is 25.5. The molecule has 0 aliphatic heterocycles. The van der Waals surface area contributed by atoms with E-state index in [1.165, 1.54) is 0 Å². The number of fused-ring (bicyclic) bond motifs is 1. The molecule has 2 aromatic heterocycles. The first-order chi connectivity index (χ1) is 17.7. The summed E-state index contributed by atoms with van der Waals surface area (Å²) in [6.45, 7) is 0.430. The van der Waals surface area contributed by atoms with Crippen molar-refractivity contribution in [1.29, 1.82) is 0 Å². The summed E-state index contributed by atoms with van der Waals surface area (Å²) in [6, 6.07) is 19.4. The zero-order valence-corrected chi connectivity index (χ0v) is 22.7. The van der Waals surface area contributed by atoms with Gasteiger partial charge in [0.25, 0.3) is 10.0 Å². The van der Waals surface area contributed by atoms with Crippen molar-refractivity contribution >= 4 is 66.3 Å². The standard InChI is InChI=1S/C25H17BrCl2FN5O2S/c26-19-14-31-34-24(12-23(32-25(19)34)18-3-1-2-4-20(18)27)30-13-15-5-7-16(8-6-15)33-37(35,36)17-9-10-22(29)21(28)11-17/h1-12,14,30,33H,13H2. The SMILES string of the molecule is O=S(=O)(Nc1ccc(CNc2cc(-c3ccccc3Cl)nc3c(Br)cnn23)cc1)c1ccc(F)c(Cl)c1. The van der Waals surface area contributed by atoms with E-state index in [0.29, 0.717) is 34.4 Å². The number of nitrogens with zero attached hydrogens (tertiary/aromatic N) is 3. The third-order valence-electron chi connectivity index (χ3n) is 5.46. The molecule has 3 aromatic carbocycles. The van der Waals surface area contributed by atoms with Crippen molar-refractivity contribution < 1.29 is 12.8 Å². The lowest BCUT2D eigenvalue weighted by molar-refractivity contribution is 0.599. The summed E-state index contributed by atoms with van der Waals surface area (Å²) in [6.07, 6.45) is 1.67. The number of sulfonamides is 1. The lowest BCUT2D eigenvalue weighted by atomic mass is 10.1. The largest absolute Gasteiger partial charge is 0.366 e. The maximum atomic E-state index is 13.4. The van der Waals surface area contributed by atoms with Gasteiger partial charge in [0.1, 0.15) is 11.6 Å². The van der Waals surface area contributed by atoms with E-state index in [4.69, 9.17) is 28.2 Å². The Kier molecular flexibility index (Phi) is 7.09. The van der Waals surface area contributed by atoms with Crippen LogP contribution in [-0.2, 0) is 16.6 Å². The smallest absolute Gasteiger partial charge is 0.261 e. The predicted molar refractivity (Wildman–Crippen MR) is 147 cm³/mol. The van der Waals surface area contributed by atoms with Crippen LogP contribution in [0.4, 0.5) is 15.9 Å². The Bertz CT molecular complexity index is 1730. The highest BCUT2D eigenvalue weighted by molar-refractivity contribution is 9.10. The van der Waals surface area contributed by atoms with Crippen molar-refractivity contribution in [2.24, 2.45) is 0 Å². The van der Waals surface area contributed by atoms with Crippen molar-refractivity contribution in [2.45, 2.75) is 11.4 Å². The summed E-state index contributed by atoms with van der Waals surface area (Å²) in [4.78, 5) is 4.56. The molecule has 2 heterocycles. The summed E-state index contributed by atoms with van der Waals surface area (Å²) >= 11 is 15.6. The second kappa shape index (κ2) is 10.3. The van der Waals surface area contributed by atoms with Crippen LogP contribution >= 0.6 is 39.1 Å². The van der Waals surface area contributed by atoms with E-state index in [1.54, 1.807) is 35.0 Å². The van der Waals surface area contributed by atoms with Gasteiger partial charge in [-0.2, -0.15) is 9.61 Å². The second-order valence-electron chi connectivity index (χ2n) is 7.97. The van der Waals surface area contributed by atoms with E-state index in [0.717, 1.165) is 33.8 Å². The van der Waals surface area contributed by atoms with Crippen molar-refractivity contribution in [1.82, 2.24) is 14.6 Å². The fourth-order valence-electron chi connectivity index (χ4n) is 3.61. The molecular formula is C25H17BrCl2FN5O2S. The van der Waals surface area contributed by atoms with Crippen LogP contribution in [0, 0.1) is 5.82 Å². The van der Waals surface area contributed by atoms with Gasteiger partial charge in [0.15, 0.2) is 5.65 Å². The number of rotatable bonds is 7. The van der Waals surface area contributed by atoms with Gasteiger partial charge in [-0.25, -0.2) is 17.8 Å². The first-order valence-electron chi connectivity index (χ1n) is 10.8. The van der Waals surface area contributed by atoms with E-state index in [2.05, 4.69) is 31.1 Å². The topological polar surface area (TPSA) is 88.4 Å². The lowest BCUT2D eigenvalue weighted by Crippen LogP contribution is -2.13. The van der Waals surface area contributed by atoms with E-state index < -0.39 is 15.8 Å². The van der Waals surface area contributed by atoms with Gasteiger partial charge in [0.2, 0.25) is 0 Å². The number of hydrogen-bond donors (Lipinski definition) is 2. The summed E-state index contributed by atoms with van der Waals surface area (Å²) < 4.78 is 43.5. The molecule has 0 radical (unpaired) electrons. The fraction of sp³-hybridized carbons (Fsp3) is 0.0400. The third-order valence-corrected chi connectivity index (χ3v) is 8.02. The predicted octanol–water partition coefficient (Wildman–Crippen LogP) is 7.02. The Morgan fingerprint density at radius 2 is 1.73 bits per heavy atom. The average Bonchev–Trinajstić information content (AvgIpc) is 3.25. The molecule has 0 saturated heterocycles. The average molecular weight is 621 g/mol. The minimum atomic E-state index is -3.93. The van der Waals surface area contributed by atoms with Gasteiger partial charge in [0, 0.05) is 28.9 Å². The van der Waals surface area contributed by atoms with Crippen molar-refractivity contribution in [3.05, 3.63) is 105 Å². The van der Waals surface area contributed by atoms with Gasteiger partial charge in [-0.15, -0.1) is 0 Å². The number of anilines is 2. The van der Waals surface area contributed by atoms with Crippen LogP contribution in [0.5, 0.6) is 0 Å². The highest BCUT2D eigenvalue weighted by atomic mass is 79.9. The van der Waals surface area contributed by atoms with Gasteiger partial charge in [-0.1, -0.05) is 53.5 Å². The summed E-state index contributed by atoms with van der Waals surface area (Å²) in [5.41, 5.74) is 3.36. The van der Waals surface area contributed by atoms with Crippen molar-refractivity contribution in [3.63, 3.8) is 0 Å². The number of halogens is 4. The summed E-state index contributed by atoms with van der Waals surface area (Å²) in [7, 11) is -3.93. The van der Waals surface area contributed by atoms with Crippen LogP contribution in [0.3, 0.4) is 0 Å². The maximum Gasteiger partial charge on any atom is 0.261 e. The lowest BCUT2D eigenvalue weighted by Gasteiger charge is -2.12. The second-order valence-corrected chi connectivity index (χ2v) is 11.3. The molecule has 0 aliphatic rings. The molecule has 5 aromatic rings. The molecule has 2 N–H and O–H groups in total. The highest BCUT2D eigenvalue weighted by Gasteiger charge is 2.17. The van der Waals surface area contributed by atoms with Crippen LogP contribution < -0.4 is 10.0 Å². The van der Waals surface area contributed by atoms with Crippen molar-refractivity contribution in [2.75, 3.05) is 10.0 Å². The van der Waals surface area contributed by atoms with Crippen LogP contribution in [0.2, 0.25) is 10.0 Å². The molecule has 0 fully saturated rings. The molecular weight excluding hydrogens is 604 g/mol. The zero-order chi connectivity index (χ0) is 26.2. The Morgan fingerprint density at radius 3 is 2.46 bits per heavy atom. The van der Waals surface area contributed by atoms with Gasteiger partial charge < -0.3 is 5.32 Å². The molecule has 0 amide bonds. The first-order valence-corrected chi connectivity index (χ1v) is 13.8. The fourth-order valence-corrected chi connectivity index (χ4v) is 5.52. The van der Waals surface area contributed by atoms with Crippen LogP contribution in [-0.4, -0.2) is 23.0 Å². The Balaban J connectivity index is 1.35. The molecule has 7 nitrogen and oxygen atoms in total. The number of aromatic nitrogens is 3. The normalized spacial score (nSPS) is 11.6. The van der Waals surface area contributed by atoms with E-state index in [-0.39, 0.29) is 9.92 Å². The summed E-state index contributed by atoms with van der Waals surface area (Å²) in [5, 5.41) is 8.06. The monoisotopic (exact) mass is 619 g/mol. The number of benzene rings is 3. The molecule has 0 atom stereocenters. The Hall–Kier alpha value is -3.18. The number of hydrogen-bond acceptors (Lipinski definition) is 5. The van der Waals surface area contributed by atoms with E-state index in [9.17, 15) is 12.8 Å². The highest BCUT2D eigenvalue weighted by Crippen LogP contribution is 2.30. The minimum absolute atomic E-state index is 0.133. The van der Waals surface area contributed by atoms with Crippen molar-refractivity contribution in [3.8, 4) is 11.3 Å². The van der Waals surface area contributed by atoms with E-state index >= 15 is 0 Å². The molecule has 188 valence electrons. The quantitative estimate of drug-likeness (QED) is 0.204. The van der Waals surface area contributed by atoms with Gasteiger partial charge in [0.05, 0.1) is 26.3 Å². The molecule has 0 saturated carbocycles. The summed E-state index contributed by atoms with van der Waals surface area (Å²) in [5.74, 6) is 0.00832. The van der Waals surface area contributed by atoms with Crippen LogP contribution in [0.25, 0.3) is 16.9 Å². The van der Waals surface area contributed by atoms with E-state index in [1.807, 2.05) is 30.3 Å². The molecule has 0 spiro atoms. The molecule has 12 heteroatoms. The van der Waals surface area contributed by atoms with Gasteiger partial charge >= 0.3 is 0 Å². The Morgan fingerprint density at radius 1 is 0.973 bits per heavy atom. The molecule has 0 bridgehead atoms. The molecule has 0 unspecified atom stereocenters. The van der Waals surface area contributed by atoms with Crippen LogP contribution in [0.1, 0.15) is 5.56 Å². The van der Waals surface area contributed by atoms with Crippen LogP contribution in [0.15, 0.2) is 88.4 Å². The minimum Gasteiger partial charge on any atom is -0.366 e. The number of nitrogens with one attached hydrogen (secondary N) is 2. The molecule has 5 rings (SSSR count).